The molecule has 7 heteroatoms. The Bertz CT molecular complexity index is 455. The summed E-state index contributed by atoms with van der Waals surface area (Å²) in [7, 11) is -4.15. The highest BCUT2D eigenvalue weighted by Gasteiger charge is 2.12. The van der Waals surface area contributed by atoms with E-state index in [0.717, 1.165) is 6.07 Å². The molecule has 0 aliphatic heterocycles. The monoisotopic (exact) mass is 256 g/mol. The molecular formula is C7H6Cl2O4S. The zero-order chi connectivity index (χ0) is 10.9. The van der Waals surface area contributed by atoms with E-state index in [0.29, 0.717) is 0 Å². The van der Waals surface area contributed by atoms with Crippen LogP contribution in [0.5, 0.6) is 5.75 Å². The van der Waals surface area contributed by atoms with Crippen molar-refractivity contribution in [1.29, 1.82) is 0 Å². The second-order valence-corrected chi connectivity index (χ2v) is 4.89. The van der Waals surface area contributed by atoms with Gasteiger partial charge in [0.1, 0.15) is 11.5 Å². The first-order valence-corrected chi connectivity index (χ1v) is 5.78. The van der Waals surface area contributed by atoms with Gasteiger partial charge in [-0.1, -0.05) is 23.2 Å². The van der Waals surface area contributed by atoms with Crippen LogP contribution in [0.3, 0.4) is 0 Å². The van der Waals surface area contributed by atoms with Crippen LogP contribution in [0.4, 0.5) is 0 Å². The average Bonchev–Trinajstić information content (AvgIpc) is 1.97. The smallest absolute Gasteiger partial charge is 0.269 e. The molecule has 0 amide bonds. The van der Waals surface area contributed by atoms with E-state index in [1.807, 2.05) is 0 Å². The maximum absolute atomic E-state index is 10.5. The Morgan fingerprint density at radius 3 is 2.29 bits per heavy atom. The minimum Gasteiger partial charge on any atom is -0.506 e. The van der Waals surface area contributed by atoms with Crippen molar-refractivity contribution in [3.05, 3.63) is 27.7 Å². The SMILES string of the molecule is O=S(=O)(O)Cc1cc(Cl)c(O)cc1Cl. The number of halogens is 2. The van der Waals surface area contributed by atoms with E-state index in [9.17, 15) is 8.42 Å². The van der Waals surface area contributed by atoms with Crippen molar-refractivity contribution in [3.8, 4) is 5.75 Å². The Labute approximate surface area is 90.8 Å². The topological polar surface area (TPSA) is 74.6 Å². The van der Waals surface area contributed by atoms with Crippen LogP contribution >= 0.6 is 23.2 Å². The molecule has 2 N–H and O–H groups in total. The number of phenols is 1. The molecule has 4 nitrogen and oxygen atoms in total. The summed E-state index contributed by atoms with van der Waals surface area (Å²) in [5.74, 6) is -0.873. The molecule has 0 atom stereocenters. The lowest BCUT2D eigenvalue weighted by Crippen LogP contribution is -2.02. The molecule has 0 heterocycles. The first kappa shape index (κ1) is 11.6. The van der Waals surface area contributed by atoms with Crippen molar-refractivity contribution < 1.29 is 18.1 Å². The summed E-state index contributed by atoms with van der Waals surface area (Å²) < 4.78 is 29.6. The highest BCUT2D eigenvalue weighted by atomic mass is 35.5. The Morgan fingerprint density at radius 2 is 1.79 bits per heavy atom. The highest BCUT2D eigenvalue weighted by Crippen LogP contribution is 2.30. The number of phenolic OH excluding ortho intramolecular Hbond substituents is 1. The third-order valence-corrected chi connectivity index (χ3v) is 2.78. The molecule has 0 saturated heterocycles. The largest absolute Gasteiger partial charge is 0.506 e. The summed E-state index contributed by atoms with van der Waals surface area (Å²) in [6.45, 7) is 0. The fraction of sp³-hybridized carbons (Fsp3) is 0.143. The minimum absolute atomic E-state index is 0.0203. The molecule has 0 radical (unpaired) electrons. The minimum atomic E-state index is -4.15. The second-order valence-electron chi connectivity index (χ2n) is 2.62. The van der Waals surface area contributed by atoms with Gasteiger partial charge in [-0.2, -0.15) is 8.42 Å². The van der Waals surface area contributed by atoms with E-state index in [1.54, 1.807) is 0 Å². The van der Waals surface area contributed by atoms with Crippen molar-refractivity contribution in [3.63, 3.8) is 0 Å². The molecule has 1 rings (SSSR count). The summed E-state index contributed by atoms with van der Waals surface area (Å²) >= 11 is 11.1. The summed E-state index contributed by atoms with van der Waals surface area (Å²) in [5.41, 5.74) is 0.136. The Kier molecular flexibility index (Phi) is 3.26. The van der Waals surface area contributed by atoms with Crippen LogP contribution in [0.2, 0.25) is 10.0 Å². The van der Waals surface area contributed by atoms with Crippen LogP contribution in [0.25, 0.3) is 0 Å². The van der Waals surface area contributed by atoms with E-state index in [1.165, 1.54) is 6.07 Å². The lowest BCUT2D eigenvalue weighted by atomic mass is 10.2. The summed E-state index contributed by atoms with van der Waals surface area (Å²) in [4.78, 5) is 0. The maximum atomic E-state index is 10.5. The number of hydrogen-bond donors (Lipinski definition) is 2. The van der Waals surface area contributed by atoms with Gasteiger partial charge in [0, 0.05) is 11.1 Å². The molecule has 0 fully saturated rings. The number of aromatic hydroxyl groups is 1. The van der Waals surface area contributed by atoms with Crippen molar-refractivity contribution in [2.45, 2.75) is 5.75 Å². The first-order chi connectivity index (χ1) is 6.29. The fourth-order valence-corrected chi connectivity index (χ4v) is 2.01. The molecule has 14 heavy (non-hydrogen) atoms. The Balaban J connectivity index is 3.17. The van der Waals surface area contributed by atoms with Gasteiger partial charge in [0.15, 0.2) is 0 Å². The van der Waals surface area contributed by atoms with Gasteiger partial charge >= 0.3 is 0 Å². The second kappa shape index (κ2) is 3.94. The van der Waals surface area contributed by atoms with E-state index in [4.69, 9.17) is 32.9 Å². The van der Waals surface area contributed by atoms with Crippen molar-refractivity contribution in [2.24, 2.45) is 0 Å². The quantitative estimate of drug-likeness (QED) is 0.795. The third-order valence-electron chi connectivity index (χ3n) is 1.45. The van der Waals surface area contributed by atoms with Crippen LogP contribution in [0.15, 0.2) is 12.1 Å². The molecule has 0 aromatic heterocycles. The third kappa shape index (κ3) is 3.02. The van der Waals surface area contributed by atoms with Crippen molar-refractivity contribution >= 4 is 33.3 Å². The fourth-order valence-electron chi connectivity index (χ4n) is 0.885. The van der Waals surface area contributed by atoms with Crippen molar-refractivity contribution in [1.82, 2.24) is 0 Å². The van der Waals surface area contributed by atoms with Crippen LogP contribution < -0.4 is 0 Å². The standard InChI is InChI=1S/C7H6Cl2O4S/c8-5-2-7(10)6(9)1-4(5)3-14(11,12)13/h1-2,10H,3H2,(H,11,12,13). The molecule has 0 saturated carbocycles. The molecule has 0 spiro atoms. The van der Waals surface area contributed by atoms with E-state index in [-0.39, 0.29) is 21.4 Å². The van der Waals surface area contributed by atoms with Crippen molar-refractivity contribution in [2.75, 3.05) is 0 Å². The van der Waals surface area contributed by atoms with E-state index in [2.05, 4.69) is 0 Å². The zero-order valence-electron chi connectivity index (χ0n) is 6.74. The molecule has 0 aliphatic rings. The molecule has 1 aromatic carbocycles. The molecule has 78 valence electrons. The Morgan fingerprint density at radius 1 is 1.21 bits per heavy atom. The summed E-state index contributed by atoms with van der Waals surface area (Å²) in [5, 5.41) is 9.11. The Hall–Kier alpha value is -0.490. The van der Waals surface area contributed by atoms with Gasteiger partial charge in [-0.25, -0.2) is 0 Å². The van der Waals surface area contributed by atoms with E-state index < -0.39 is 15.9 Å². The maximum Gasteiger partial charge on any atom is 0.269 e. The lowest BCUT2D eigenvalue weighted by molar-refractivity contribution is 0.474. The van der Waals surface area contributed by atoms with Gasteiger partial charge in [0.2, 0.25) is 0 Å². The van der Waals surface area contributed by atoms with Gasteiger partial charge in [-0.05, 0) is 11.6 Å². The van der Waals surface area contributed by atoms with Crippen LogP contribution in [0.1, 0.15) is 5.56 Å². The number of benzene rings is 1. The number of rotatable bonds is 2. The summed E-state index contributed by atoms with van der Waals surface area (Å²) in [6.07, 6.45) is 0. The van der Waals surface area contributed by atoms with E-state index >= 15 is 0 Å². The van der Waals surface area contributed by atoms with Gasteiger partial charge in [0.25, 0.3) is 10.1 Å². The predicted octanol–water partition coefficient (Wildman–Crippen LogP) is 2.09. The molecule has 0 bridgehead atoms. The highest BCUT2D eigenvalue weighted by molar-refractivity contribution is 7.85. The molecule has 0 aliphatic carbocycles. The van der Waals surface area contributed by atoms with Crippen LogP contribution in [-0.2, 0) is 15.9 Å². The molecular weight excluding hydrogens is 251 g/mol. The molecule has 0 unspecified atom stereocenters. The predicted molar refractivity (Wildman–Crippen MR) is 53.4 cm³/mol. The van der Waals surface area contributed by atoms with Crippen LogP contribution in [-0.4, -0.2) is 18.1 Å². The van der Waals surface area contributed by atoms with Crippen LogP contribution in [0, 0.1) is 0 Å². The van der Waals surface area contributed by atoms with Gasteiger partial charge in [-0.3, -0.25) is 4.55 Å². The zero-order valence-corrected chi connectivity index (χ0v) is 9.07. The first-order valence-electron chi connectivity index (χ1n) is 3.41. The summed E-state index contributed by atoms with van der Waals surface area (Å²) in [6, 6.07) is 2.30. The molecule has 1 aromatic rings. The van der Waals surface area contributed by atoms with Gasteiger partial charge < -0.3 is 5.11 Å². The average molecular weight is 257 g/mol. The number of hydrogen-bond acceptors (Lipinski definition) is 3. The van der Waals surface area contributed by atoms with Gasteiger partial charge in [0.05, 0.1) is 5.02 Å². The normalized spacial score (nSPS) is 11.6. The van der Waals surface area contributed by atoms with Gasteiger partial charge in [-0.15, -0.1) is 0 Å². The lowest BCUT2D eigenvalue weighted by Gasteiger charge is -2.04.